The minimum atomic E-state index is -0.718. The molecule has 0 unspecified atom stereocenters. The molecule has 0 bridgehead atoms. The number of alkyl halides is 1. The van der Waals surface area contributed by atoms with Crippen molar-refractivity contribution < 1.29 is 18.3 Å². The van der Waals surface area contributed by atoms with E-state index in [-0.39, 0.29) is 24.4 Å². The fraction of sp³-hybridized carbons (Fsp3) is 0.269. The van der Waals surface area contributed by atoms with Crippen LogP contribution in [0.4, 0.5) is 26.1 Å². The van der Waals surface area contributed by atoms with Crippen molar-refractivity contribution in [1.82, 2.24) is 14.9 Å². The SMILES string of the molecule is C=CC(=O)Nc1cccc(Oc2nc(Nc3ccc(C[C@@H]4CCN(CCF)C4)cc3)ncc2F)c1. The van der Waals surface area contributed by atoms with E-state index in [1.807, 2.05) is 24.3 Å². The molecule has 3 aromatic rings. The van der Waals surface area contributed by atoms with Gasteiger partial charge in [-0.1, -0.05) is 24.8 Å². The summed E-state index contributed by atoms with van der Waals surface area (Å²) in [6.45, 7) is 5.51. The second kappa shape index (κ2) is 11.5. The Balaban J connectivity index is 1.38. The molecule has 0 spiro atoms. The highest BCUT2D eigenvalue weighted by Gasteiger charge is 2.22. The summed E-state index contributed by atoms with van der Waals surface area (Å²) in [7, 11) is 0. The topological polar surface area (TPSA) is 79.4 Å². The number of hydrogen-bond acceptors (Lipinski definition) is 6. The fourth-order valence-electron chi connectivity index (χ4n) is 4.01. The molecule has 1 aliphatic rings. The molecule has 9 heteroatoms. The highest BCUT2D eigenvalue weighted by atomic mass is 19.1. The summed E-state index contributed by atoms with van der Waals surface area (Å²) in [4.78, 5) is 21.8. The zero-order valence-electron chi connectivity index (χ0n) is 19.2. The standard InChI is InChI=1S/C26H27F2N5O2/c1-2-24(34)30-21-4-3-5-22(15-21)35-25-23(28)16-29-26(32-25)31-20-8-6-18(7-9-20)14-19-10-12-33(17-19)13-11-27/h2-9,15-16,19H,1,10-14,17H2,(H,30,34)(H,29,31,32)/t19-/m0/s1. The number of halogens is 2. The molecule has 182 valence electrons. The Morgan fingerprint density at radius 3 is 2.83 bits per heavy atom. The summed E-state index contributed by atoms with van der Waals surface area (Å²) in [5.41, 5.74) is 2.44. The Morgan fingerprint density at radius 2 is 2.06 bits per heavy atom. The number of carbonyl (C=O) groups is 1. The molecule has 1 aliphatic heterocycles. The molecule has 1 fully saturated rings. The van der Waals surface area contributed by atoms with Gasteiger partial charge in [-0.3, -0.25) is 4.79 Å². The maximum Gasteiger partial charge on any atom is 0.260 e. The molecule has 1 saturated heterocycles. The maximum absolute atomic E-state index is 14.3. The van der Waals surface area contributed by atoms with Crippen LogP contribution < -0.4 is 15.4 Å². The van der Waals surface area contributed by atoms with E-state index in [4.69, 9.17) is 4.74 Å². The second-order valence-corrected chi connectivity index (χ2v) is 8.34. The predicted molar refractivity (Wildman–Crippen MR) is 131 cm³/mol. The number of benzene rings is 2. The van der Waals surface area contributed by atoms with Crippen LogP contribution in [-0.4, -0.2) is 47.1 Å². The number of carbonyl (C=O) groups excluding carboxylic acids is 1. The lowest BCUT2D eigenvalue weighted by atomic mass is 9.98. The van der Waals surface area contributed by atoms with Crippen molar-refractivity contribution in [3.05, 3.63) is 78.8 Å². The first kappa shape index (κ1) is 24.3. The van der Waals surface area contributed by atoms with Crippen LogP contribution in [0.1, 0.15) is 12.0 Å². The van der Waals surface area contributed by atoms with E-state index in [2.05, 4.69) is 32.1 Å². The number of amides is 1. The Morgan fingerprint density at radius 1 is 1.23 bits per heavy atom. The largest absolute Gasteiger partial charge is 0.436 e. The average molecular weight is 480 g/mol. The van der Waals surface area contributed by atoms with Crippen molar-refractivity contribution in [3.8, 4) is 11.6 Å². The van der Waals surface area contributed by atoms with Crippen molar-refractivity contribution in [2.24, 2.45) is 5.92 Å². The number of anilines is 3. The molecule has 1 atom stereocenters. The molecule has 35 heavy (non-hydrogen) atoms. The van der Waals surface area contributed by atoms with Crippen LogP contribution in [0.5, 0.6) is 11.6 Å². The highest BCUT2D eigenvalue weighted by Crippen LogP contribution is 2.27. The van der Waals surface area contributed by atoms with Gasteiger partial charge in [-0.25, -0.2) is 9.37 Å². The number of nitrogens with zero attached hydrogens (tertiary/aromatic N) is 3. The zero-order valence-corrected chi connectivity index (χ0v) is 19.2. The first-order valence-corrected chi connectivity index (χ1v) is 11.4. The maximum atomic E-state index is 14.3. The first-order valence-electron chi connectivity index (χ1n) is 11.4. The van der Waals surface area contributed by atoms with Gasteiger partial charge in [-0.2, -0.15) is 9.37 Å². The van der Waals surface area contributed by atoms with Gasteiger partial charge in [0, 0.05) is 30.5 Å². The number of aromatic nitrogens is 2. The van der Waals surface area contributed by atoms with Crippen LogP contribution in [-0.2, 0) is 11.2 Å². The third kappa shape index (κ3) is 6.83. The number of nitrogens with one attached hydrogen (secondary N) is 2. The van der Waals surface area contributed by atoms with Crippen LogP contribution in [0.3, 0.4) is 0 Å². The van der Waals surface area contributed by atoms with Crippen LogP contribution in [0, 0.1) is 11.7 Å². The number of hydrogen-bond donors (Lipinski definition) is 2. The van der Waals surface area contributed by atoms with Crippen LogP contribution >= 0.6 is 0 Å². The molecule has 2 aromatic carbocycles. The highest BCUT2D eigenvalue weighted by molar-refractivity contribution is 5.98. The number of likely N-dealkylation sites (tertiary alicyclic amines) is 1. The van der Waals surface area contributed by atoms with Crippen LogP contribution in [0.25, 0.3) is 0 Å². The summed E-state index contributed by atoms with van der Waals surface area (Å²) in [5, 5.41) is 5.68. The quantitative estimate of drug-likeness (QED) is 0.394. The summed E-state index contributed by atoms with van der Waals surface area (Å²) in [6, 6.07) is 14.4. The molecule has 2 heterocycles. The minimum Gasteiger partial charge on any atom is -0.436 e. The van der Waals surface area contributed by atoms with E-state index >= 15 is 0 Å². The predicted octanol–water partition coefficient (Wildman–Crippen LogP) is 5.11. The third-order valence-corrected chi connectivity index (χ3v) is 5.72. The van der Waals surface area contributed by atoms with Crippen molar-refractivity contribution in [2.75, 3.05) is 36.9 Å². The monoisotopic (exact) mass is 479 g/mol. The Kier molecular flexibility index (Phi) is 7.99. The second-order valence-electron chi connectivity index (χ2n) is 8.34. The van der Waals surface area contributed by atoms with Crippen molar-refractivity contribution in [2.45, 2.75) is 12.8 Å². The normalized spacial score (nSPS) is 15.5. The first-order chi connectivity index (χ1) is 17.0. The molecule has 7 nitrogen and oxygen atoms in total. The summed E-state index contributed by atoms with van der Waals surface area (Å²) >= 11 is 0. The Hall–Kier alpha value is -3.85. The molecule has 0 saturated carbocycles. The lowest BCUT2D eigenvalue weighted by Gasteiger charge is -2.14. The van der Waals surface area contributed by atoms with Gasteiger partial charge in [0.2, 0.25) is 17.7 Å². The Labute approximate surface area is 202 Å². The summed E-state index contributed by atoms with van der Waals surface area (Å²) < 4.78 is 32.4. The van der Waals surface area contributed by atoms with Gasteiger partial charge < -0.3 is 20.3 Å². The van der Waals surface area contributed by atoms with Gasteiger partial charge in [0.1, 0.15) is 12.4 Å². The van der Waals surface area contributed by atoms with E-state index in [0.29, 0.717) is 23.9 Å². The minimum absolute atomic E-state index is 0.183. The van der Waals surface area contributed by atoms with E-state index in [1.165, 1.54) is 5.56 Å². The average Bonchev–Trinajstić information content (AvgIpc) is 3.29. The Bertz CT molecular complexity index is 1170. The van der Waals surface area contributed by atoms with Gasteiger partial charge in [-0.15, -0.1) is 0 Å². The molecule has 1 aromatic heterocycles. The molecule has 0 radical (unpaired) electrons. The van der Waals surface area contributed by atoms with E-state index in [9.17, 15) is 13.6 Å². The van der Waals surface area contributed by atoms with Gasteiger partial charge in [0.15, 0.2) is 0 Å². The molecule has 1 amide bonds. The molecular weight excluding hydrogens is 452 g/mol. The van der Waals surface area contributed by atoms with Gasteiger partial charge in [-0.05, 0) is 61.2 Å². The van der Waals surface area contributed by atoms with Gasteiger partial charge in [0.05, 0.1) is 6.20 Å². The third-order valence-electron chi connectivity index (χ3n) is 5.72. The smallest absolute Gasteiger partial charge is 0.260 e. The fourth-order valence-corrected chi connectivity index (χ4v) is 4.01. The number of ether oxygens (including phenoxy) is 1. The van der Waals surface area contributed by atoms with Crippen LogP contribution in [0.15, 0.2) is 67.4 Å². The van der Waals surface area contributed by atoms with E-state index in [0.717, 1.165) is 43.9 Å². The van der Waals surface area contributed by atoms with E-state index in [1.54, 1.807) is 24.3 Å². The lowest BCUT2D eigenvalue weighted by Crippen LogP contribution is -2.23. The molecular formula is C26H27F2N5O2. The molecule has 4 rings (SSSR count). The van der Waals surface area contributed by atoms with Crippen molar-refractivity contribution >= 4 is 23.2 Å². The lowest BCUT2D eigenvalue weighted by molar-refractivity contribution is -0.111. The molecule has 0 aliphatic carbocycles. The van der Waals surface area contributed by atoms with Crippen molar-refractivity contribution in [3.63, 3.8) is 0 Å². The van der Waals surface area contributed by atoms with Crippen molar-refractivity contribution in [1.29, 1.82) is 0 Å². The van der Waals surface area contributed by atoms with Crippen LogP contribution in [0.2, 0.25) is 0 Å². The van der Waals surface area contributed by atoms with Gasteiger partial charge in [0.25, 0.3) is 5.88 Å². The molecule has 2 N–H and O–H groups in total. The van der Waals surface area contributed by atoms with Gasteiger partial charge >= 0.3 is 0 Å². The number of rotatable bonds is 10. The summed E-state index contributed by atoms with van der Waals surface area (Å²) in [6.07, 6.45) is 4.21. The van der Waals surface area contributed by atoms with E-state index < -0.39 is 5.82 Å². The zero-order chi connectivity index (χ0) is 24.6. The summed E-state index contributed by atoms with van der Waals surface area (Å²) in [5.74, 6) is -0.311.